The first-order valence-electron chi connectivity index (χ1n) is 7.20. The van der Waals surface area contributed by atoms with Gasteiger partial charge in [0.1, 0.15) is 5.82 Å². The zero-order valence-electron chi connectivity index (χ0n) is 12.2. The molecule has 1 atom stereocenters. The highest BCUT2D eigenvalue weighted by Crippen LogP contribution is 2.30. The highest BCUT2D eigenvalue weighted by atomic mass is 32.2. The molecule has 1 aliphatic carbocycles. The van der Waals surface area contributed by atoms with Crippen molar-refractivity contribution < 1.29 is 18.0 Å². The second-order valence-corrected chi connectivity index (χ2v) is 8.10. The van der Waals surface area contributed by atoms with Crippen molar-refractivity contribution in [3.05, 3.63) is 11.8 Å². The third kappa shape index (κ3) is 3.29. The molecule has 0 unspecified atom stereocenters. The van der Waals surface area contributed by atoms with Gasteiger partial charge in [0.25, 0.3) is 5.91 Å². The van der Waals surface area contributed by atoms with E-state index in [0.717, 1.165) is 12.8 Å². The molecule has 2 aliphatic rings. The summed E-state index contributed by atoms with van der Waals surface area (Å²) in [5.74, 6) is 0.109. The minimum Gasteiger partial charge on any atom is -0.347 e. The molecule has 2 fully saturated rings. The molecule has 2 amide bonds. The zero-order chi connectivity index (χ0) is 15.9. The van der Waals surface area contributed by atoms with Crippen LogP contribution < -0.4 is 10.6 Å². The van der Waals surface area contributed by atoms with E-state index < -0.39 is 15.7 Å². The Labute approximate surface area is 128 Å². The monoisotopic (exact) mass is 326 g/mol. The van der Waals surface area contributed by atoms with Crippen molar-refractivity contribution in [1.82, 2.24) is 15.1 Å². The van der Waals surface area contributed by atoms with Gasteiger partial charge < -0.3 is 10.6 Å². The average Bonchev–Trinajstić information content (AvgIpc) is 3.15. The highest BCUT2D eigenvalue weighted by molar-refractivity contribution is 7.91. The Morgan fingerprint density at radius 2 is 2.05 bits per heavy atom. The van der Waals surface area contributed by atoms with E-state index in [9.17, 15) is 18.0 Å². The van der Waals surface area contributed by atoms with Crippen molar-refractivity contribution in [2.45, 2.75) is 25.3 Å². The summed E-state index contributed by atoms with van der Waals surface area (Å²) in [6.45, 7) is 0. The summed E-state index contributed by atoms with van der Waals surface area (Å²) >= 11 is 0. The maximum absolute atomic E-state index is 12.1. The van der Waals surface area contributed by atoms with Gasteiger partial charge in [0.2, 0.25) is 5.91 Å². The molecule has 0 radical (unpaired) electrons. The minimum absolute atomic E-state index is 0.0309. The van der Waals surface area contributed by atoms with Gasteiger partial charge in [0, 0.05) is 25.1 Å². The number of aromatic nitrogens is 2. The number of aryl methyl sites for hydroxylation is 1. The molecule has 2 N–H and O–H groups in total. The Balaban J connectivity index is 1.64. The van der Waals surface area contributed by atoms with Gasteiger partial charge in [-0.3, -0.25) is 14.3 Å². The van der Waals surface area contributed by atoms with Gasteiger partial charge in [-0.15, -0.1) is 0 Å². The van der Waals surface area contributed by atoms with Gasteiger partial charge in [-0.2, -0.15) is 5.10 Å². The minimum atomic E-state index is -3.04. The molecule has 2 heterocycles. The Morgan fingerprint density at radius 1 is 1.32 bits per heavy atom. The van der Waals surface area contributed by atoms with Crippen LogP contribution in [0.15, 0.2) is 6.07 Å². The van der Waals surface area contributed by atoms with Crippen LogP contribution in [0.25, 0.3) is 0 Å². The Morgan fingerprint density at radius 3 is 2.64 bits per heavy atom. The number of amides is 2. The first kappa shape index (κ1) is 15.0. The van der Waals surface area contributed by atoms with Crippen molar-refractivity contribution in [1.29, 1.82) is 0 Å². The Hall–Kier alpha value is -1.90. The molecule has 1 aliphatic heterocycles. The van der Waals surface area contributed by atoms with Gasteiger partial charge in [0.15, 0.2) is 15.5 Å². The third-order valence-electron chi connectivity index (χ3n) is 3.88. The number of carbonyl (C=O) groups excluding carboxylic acids is 2. The first-order valence-corrected chi connectivity index (χ1v) is 9.02. The normalized spacial score (nSPS) is 23.2. The Kier molecular flexibility index (Phi) is 3.67. The summed E-state index contributed by atoms with van der Waals surface area (Å²) in [6.07, 6.45) is 2.21. The molecule has 120 valence electrons. The molecular formula is C13H18N4O4S. The molecule has 1 aromatic heterocycles. The lowest BCUT2D eigenvalue weighted by molar-refractivity contribution is -0.117. The standard InChI is InChI=1S/C13H18N4O4S/c1-17-11(15-12(18)8-2-3-8)6-10(16-17)13(19)14-9-4-5-22(20,21)7-9/h6,8-9H,2-5,7H2,1H3,(H,14,19)(H,15,18)/t9-/m1/s1. The van der Waals surface area contributed by atoms with Crippen LogP contribution >= 0.6 is 0 Å². The predicted molar refractivity (Wildman–Crippen MR) is 79.1 cm³/mol. The molecule has 0 bridgehead atoms. The first-order chi connectivity index (χ1) is 10.3. The van der Waals surface area contributed by atoms with Crippen LogP contribution in [0.5, 0.6) is 0 Å². The number of nitrogens with zero attached hydrogens (tertiary/aromatic N) is 2. The van der Waals surface area contributed by atoms with Crippen LogP contribution in [-0.4, -0.2) is 47.6 Å². The second kappa shape index (κ2) is 5.38. The number of rotatable bonds is 4. The molecule has 1 saturated heterocycles. The molecule has 0 spiro atoms. The van der Waals surface area contributed by atoms with Gasteiger partial charge in [0.05, 0.1) is 11.5 Å². The number of hydrogen-bond acceptors (Lipinski definition) is 5. The van der Waals surface area contributed by atoms with Crippen LogP contribution in [0, 0.1) is 5.92 Å². The van der Waals surface area contributed by atoms with E-state index in [0.29, 0.717) is 12.2 Å². The molecule has 1 saturated carbocycles. The third-order valence-corrected chi connectivity index (χ3v) is 5.65. The molecule has 3 rings (SSSR count). The van der Waals surface area contributed by atoms with E-state index in [1.807, 2.05) is 0 Å². The van der Waals surface area contributed by atoms with E-state index in [1.54, 1.807) is 7.05 Å². The fraction of sp³-hybridized carbons (Fsp3) is 0.615. The molecule has 1 aromatic rings. The van der Waals surface area contributed by atoms with Crippen LogP contribution in [-0.2, 0) is 21.7 Å². The van der Waals surface area contributed by atoms with Crippen molar-refractivity contribution in [2.24, 2.45) is 13.0 Å². The van der Waals surface area contributed by atoms with E-state index in [1.165, 1.54) is 10.7 Å². The number of nitrogens with one attached hydrogen (secondary N) is 2. The summed E-state index contributed by atoms with van der Waals surface area (Å²) in [7, 11) is -1.40. The summed E-state index contributed by atoms with van der Waals surface area (Å²) in [4.78, 5) is 23.9. The average molecular weight is 326 g/mol. The maximum atomic E-state index is 12.1. The number of hydrogen-bond donors (Lipinski definition) is 2. The number of anilines is 1. The van der Waals surface area contributed by atoms with Crippen LogP contribution in [0.1, 0.15) is 29.8 Å². The van der Waals surface area contributed by atoms with Gasteiger partial charge in [-0.05, 0) is 19.3 Å². The van der Waals surface area contributed by atoms with Crippen molar-refractivity contribution >= 4 is 27.5 Å². The van der Waals surface area contributed by atoms with E-state index in [4.69, 9.17) is 0 Å². The van der Waals surface area contributed by atoms with Crippen molar-refractivity contribution in [3.8, 4) is 0 Å². The lowest BCUT2D eigenvalue weighted by Crippen LogP contribution is -2.35. The maximum Gasteiger partial charge on any atom is 0.272 e. The Bertz CT molecular complexity index is 720. The summed E-state index contributed by atoms with van der Waals surface area (Å²) in [5.41, 5.74) is 0.165. The lowest BCUT2D eigenvalue weighted by Gasteiger charge is -2.08. The van der Waals surface area contributed by atoms with Crippen molar-refractivity contribution in [2.75, 3.05) is 16.8 Å². The van der Waals surface area contributed by atoms with Gasteiger partial charge in [-0.25, -0.2) is 8.42 Å². The van der Waals surface area contributed by atoms with Crippen LogP contribution in [0.2, 0.25) is 0 Å². The fourth-order valence-corrected chi connectivity index (χ4v) is 4.11. The molecule has 9 heteroatoms. The topological polar surface area (TPSA) is 110 Å². The number of sulfone groups is 1. The predicted octanol–water partition coefficient (Wildman–Crippen LogP) is -0.314. The second-order valence-electron chi connectivity index (χ2n) is 5.88. The lowest BCUT2D eigenvalue weighted by atomic mass is 10.2. The summed E-state index contributed by atoms with van der Waals surface area (Å²) in [6, 6.07) is 1.13. The summed E-state index contributed by atoms with van der Waals surface area (Å²) in [5, 5.41) is 9.48. The zero-order valence-corrected chi connectivity index (χ0v) is 13.0. The van der Waals surface area contributed by atoms with E-state index in [-0.39, 0.29) is 35.1 Å². The number of carbonyl (C=O) groups is 2. The quantitative estimate of drug-likeness (QED) is 0.788. The van der Waals surface area contributed by atoms with E-state index >= 15 is 0 Å². The molecular weight excluding hydrogens is 308 g/mol. The van der Waals surface area contributed by atoms with Crippen molar-refractivity contribution in [3.63, 3.8) is 0 Å². The van der Waals surface area contributed by atoms with Crippen LogP contribution in [0.3, 0.4) is 0 Å². The fourth-order valence-electron chi connectivity index (χ4n) is 2.44. The molecule has 0 aromatic carbocycles. The van der Waals surface area contributed by atoms with E-state index in [2.05, 4.69) is 15.7 Å². The smallest absolute Gasteiger partial charge is 0.272 e. The largest absolute Gasteiger partial charge is 0.347 e. The molecule has 8 nitrogen and oxygen atoms in total. The highest BCUT2D eigenvalue weighted by Gasteiger charge is 2.31. The summed E-state index contributed by atoms with van der Waals surface area (Å²) < 4.78 is 24.2. The molecule has 22 heavy (non-hydrogen) atoms. The van der Waals surface area contributed by atoms with Crippen LogP contribution in [0.4, 0.5) is 5.82 Å². The van der Waals surface area contributed by atoms with Gasteiger partial charge >= 0.3 is 0 Å². The SMILES string of the molecule is Cn1nc(C(=O)N[C@@H]2CCS(=O)(=O)C2)cc1NC(=O)C1CC1. The van der Waals surface area contributed by atoms with Gasteiger partial charge in [-0.1, -0.05) is 0 Å².